The molecule has 2 aliphatic heterocycles. The number of guanidine groups is 1. The molecule has 0 aliphatic carbocycles. The van der Waals surface area contributed by atoms with Gasteiger partial charge in [0.1, 0.15) is 0 Å². The van der Waals surface area contributed by atoms with Gasteiger partial charge in [-0.1, -0.05) is 30.3 Å². The first-order valence-corrected chi connectivity index (χ1v) is 10.3. The van der Waals surface area contributed by atoms with Gasteiger partial charge in [0.25, 0.3) is 0 Å². The third kappa shape index (κ3) is 6.86. The van der Waals surface area contributed by atoms with Crippen molar-refractivity contribution in [2.45, 2.75) is 19.5 Å². The summed E-state index contributed by atoms with van der Waals surface area (Å²) in [6, 6.07) is 11.3. The lowest BCUT2D eigenvalue weighted by atomic mass is 10.2. The van der Waals surface area contributed by atoms with Gasteiger partial charge in [0.05, 0.1) is 6.54 Å². The lowest BCUT2D eigenvalue weighted by Crippen LogP contribution is -2.54. The Balaban J connectivity index is 0.00000280. The number of likely N-dealkylation sites (N-methyl/N-ethyl adjacent to an activating group) is 2. The van der Waals surface area contributed by atoms with Gasteiger partial charge in [-0.15, -0.1) is 24.0 Å². The number of nitrogens with one attached hydrogen (secondary N) is 1. The lowest BCUT2D eigenvalue weighted by molar-refractivity contribution is 0.119. The standard InChI is InChI=1S/C21H36N6.HI/c1-4-22-21(23-16-20-18-24(2)10-11-25(20)3)27-14-12-26(13-15-27)17-19-8-6-5-7-9-19;/h5-9,20H,4,10-18H2,1-3H3,(H,22,23);1H. The fourth-order valence-corrected chi connectivity index (χ4v) is 3.88. The first kappa shape index (κ1) is 23.4. The predicted octanol–water partition coefficient (Wildman–Crippen LogP) is 1.63. The lowest BCUT2D eigenvalue weighted by Gasteiger charge is -2.38. The molecule has 1 aromatic rings. The summed E-state index contributed by atoms with van der Waals surface area (Å²) in [4.78, 5) is 14.8. The SMILES string of the molecule is CCNC(=NCC1CN(C)CCN1C)N1CCN(Cc2ccccc2)CC1.I. The summed E-state index contributed by atoms with van der Waals surface area (Å²) >= 11 is 0. The summed E-state index contributed by atoms with van der Waals surface area (Å²) in [6.45, 7) is 12.6. The molecule has 1 unspecified atom stereocenters. The fourth-order valence-electron chi connectivity index (χ4n) is 3.88. The minimum absolute atomic E-state index is 0. The van der Waals surface area contributed by atoms with E-state index >= 15 is 0 Å². The molecule has 0 radical (unpaired) electrons. The Bertz CT molecular complexity index is 588. The molecule has 2 saturated heterocycles. The second-order valence-electron chi connectivity index (χ2n) is 7.84. The van der Waals surface area contributed by atoms with Gasteiger partial charge in [0, 0.05) is 64.9 Å². The molecule has 158 valence electrons. The maximum atomic E-state index is 5.00. The Morgan fingerprint density at radius 1 is 1.04 bits per heavy atom. The van der Waals surface area contributed by atoms with E-state index in [9.17, 15) is 0 Å². The van der Waals surface area contributed by atoms with Crippen LogP contribution in [0.1, 0.15) is 12.5 Å². The second kappa shape index (κ2) is 11.9. The maximum Gasteiger partial charge on any atom is 0.194 e. The van der Waals surface area contributed by atoms with Gasteiger partial charge >= 0.3 is 0 Å². The zero-order valence-electron chi connectivity index (χ0n) is 17.7. The number of hydrogen-bond acceptors (Lipinski definition) is 4. The molecule has 6 nitrogen and oxygen atoms in total. The van der Waals surface area contributed by atoms with E-state index in [1.165, 1.54) is 5.56 Å². The van der Waals surface area contributed by atoms with Crippen molar-refractivity contribution in [3.63, 3.8) is 0 Å². The largest absolute Gasteiger partial charge is 0.357 e. The molecular weight excluding hydrogens is 463 g/mol. The highest BCUT2D eigenvalue weighted by Gasteiger charge is 2.23. The van der Waals surface area contributed by atoms with Crippen LogP contribution in [0.15, 0.2) is 35.3 Å². The Labute approximate surface area is 188 Å². The van der Waals surface area contributed by atoms with Crippen molar-refractivity contribution in [1.29, 1.82) is 0 Å². The molecule has 0 saturated carbocycles. The topological polar surface area (TPSA) is 37.4 Å². The average Bonchev–Trinajstić information content (AvgIpc) is 2.69. The van der Waals surface area contributed by atoms with E-state index in [1.807, 2.05) is 0 Å². The summed E-state index contributed by atoms with van der Waals surface area (Å²) in [5, 5.41) is 3.51. The van der Waals surface area contributed by atoms with Crippen LogP contribution in [0.2, 0.25) is 0 Å². The number of nitrogens with zero attached hydrogens (tertiary/aromatic N) is 5. The molecule has 0 bridgehead atoms. The van der Waals surface area contributed by atoms with Crippen LogP contribution in [-0.4, -0.2) is 105 Å². The first-order chi connectivity index (χ1) is 13.2. The van der Waals surface area contributed by atoms with Crippen molar-refractivity contribution in [2.75, 3.05) is 73.0 Å². The van der Waals surface area contributed by atoms with E-state index in [-0.39, 0.29) is 24.0 Å². The van der Waals surface area contributed by atoms with E-state index in [0.717, 1.165) is 71.4 Å². The third-order valence-corrected chi connectivity index (χ3v) is 5.69. The summed E-state index contributed by atoms with van der Waals surface area (Å²) in [7, 11) is 4.43. The molecule has 0 aromatic heterocycles. The molecule has 1 aromatic carbocycles. The highest BCUT2D eigenvalue weighted by Crippen LogP contribution is 2.10. The van der Waals surface area contributed by atoms with E-state index in [4.69, 9.17) is 4.99 Å². The quantitative estimate of drug-likeness (QED) is 0.378. The van der Waals surface area contributed by atoms with Crippen molar-refractivity contribution >= 4 is 29.9 Å². The minimum Gasteiger partial charge on any atom is -0.357 e. The van der Waals surface area contributed by atoms with Crippen molar-refractivity contribution in [3.05, 3.63) is 35.9 Å². The maximum absolute atomic E-state index is 5.00. The molecule has 2 heterocycles. The zero-order valence-corrected chi connectivity index (χ0v) is 20.0. The van der Waals surface area contributed by atoms with Crippen LogP contribution in [0, 0.1) is 0 Å². The van der Waals surface area contributed by atoms with Gasteiger partial charge in [-0.2, -0.15) is 0 Å². The summed E-state index contributed by atoms with van der Waals surface area (Å²) in [5.41, 5.74) is 1.40. The third-order valence-electron chi connectivity index (χ3n) is 5.69. The van der Waals surface area contributed by atoms with Gasteiger partial charge in [-0.3, -0.25) is 14.8 Å². The summed E-state index contributed by atoms with van der Waals surface area (Å²) in [6.07, 6.45) is 0. The van der Waals surface area contributed by atoms with Crippen LogP contribution in [0.25, 0.3) is 0 Å². The Hall–Kier alpha value is -0.900. The van der Waals surface area contributed by atoms with E-state index in [2.05, 4.69) is 76.3 Å². The molecule has 1 N–H and O–H groups in total. The number of aliphatic imine (C=N–C) groups is 1. The number of halogens is 1. The van der Waals surface area contributed by atoms with E-state index < -0.39 is 0 Å². The molecule has 0 amide bonds. The molecule has 28 heavy (non-hydrogen) atoms. The molecule has 3 rings (SSSR count). The molecule has 7 heteroatoms. The number of hydrogen-bond donors (Lipinski definition) is 1. The molecular formula is C21H37IN6. The van der Waals surface area contributed by atoms with E-state index in [1.54, 1.807) is 0 Å². The normalized spacial score (nSPS) is 22.8. The number of rotatable bonds is 5. The molecule has 2 aliphatic rings. The number of benzene rings is 1. The molecule has 2 fully saturated rings. The predicted molar refractivity (Wildman–Crippen MR) is 129 cm³/mol. The zero-order chi connectivity index (χ0) is 19.1. The second-order valence-corrected chi connectivity index (χ2v) is 7.84. The van der Waals surface area contributed by atoms with E-state index in [0.29, 0.717) is 6.04 Å². The van der Waals surface area contributed by atoms with Gasteiger partial charge < -0.3 is 15.1 Å². The van der Waals surface area contributed by atoms with Crippen molar-refractivity contribution in [1.82, 2.24) is 24.9 Å². The van der Waals surface area contributed by atoms with Crippen LogP contribution < -0.4 is 5.32 Å². The fraction of sp³-hybridized carbons (Fsp3) is 0.667. The van der Waals surface area contributed by atoms with Crippen LogP contribution in [-0.2, 0) is 6.54 Å². The minimum atomic E-state index is 0. The van der Waals surface area contributed by atoms with Crippen LogP contribution in [0.3, 0.4) is 0 Å². The highest BCUT2D eigenvalue weighted by atomic mass is 127. The average molecular weight is 500 g/mol. The van der Waals surface area contributed by atoms with Crippen LogP contribution in [0.4, 0.5) is 0 Å². The first-order valence-electron chi connectivity index (χ1n) is 10.3. The smallest absolute Gasteiger partial charge is 0.194 e. The Morgan fingerprint density at radius 2 is 1.75 bits per heavy atom. The van der Waals surface area contributed by atoms with Gasteiger partial charge in [0.15, 0.2) is 5.96 Å². The highest BCUT2D eigenvalue weighted by molar-refractivity contribution is 14.0. The van der Waals surface area contributed by atoms with Crippen LogP contribution >= 0.6 is 24.0 Å². The van der Waals surface area contributed by atoms with Crippen LogP contribution in [0.5, 0.6) is 0 Å². The van der Waals surface area contributed by atoms with Crippen molar-refractivity contribution in [2.24, 2.45) is 4.99 Å². The summed E-state index contributed by atoms with van der Waals surface area (Å²) < 4.78 is 0. The number of piperazine rings is 2. The molecule has 1 atom stereocenters. The Morgan fingerprint density at radius 3 is 2.43 bits per heavy atom. The molecule has 0 spiro atoms. The van der Waals surface area contributed by atoms with Crippen molar-refractivity contribution < 1.29 is 0 Å². The van der Waals surface area contributed by atoms with Gasteiger partial charge in [0.2, 0.25) is 0 Å². The summed E-state index contributed by atoms with van der Waals surface area (Å²) in [5.74, 6) is 1.08. The van der Waals surface area contributed by atoms with Gasteiger partial charge in [-0.25, -0.2) is 0 Å². The van der Waals surface area contributed by atoms with Gasteiger partial charge in [-0.05, 0) is 26.6 Å². The Kier molecular flexibility index (Phi) is 9.98. The monoisotopic (exact) mass is 500 g/mol. The van der Waals surface area contributed by atoms with Crippen molar-refractivity contribution in [3.8, 4) is 0 Å².